The average molecular weight is 502 g/mol. The fourth-order valence-corrected chi connectivity index (χ4v) is 4.01. The maximum absolute atomic E-state index is 13.7. The first-order valence-electron chi connectivity index (χ1n) is 11.5. The summed E-state index contributed by atoms with van der Waals surface area (Å²) in [5.74, 6) is -1.01. The minimum atomic E-state index is -1.27. The van der Waals surface area contributed by atoms with Gasteiger partial charge in [-0.25, -0.2) is 4.79 Å². The zero-order chi connectivity index (χ0) is 25.8. The zero-order valence-electron chi connectivity index (χ0n) is 20.4. The van der Waals surface area contributed by atoms with Crippen LogP contribution in [0.5, 0.6) is 0 Å². The highest BCUT2D eigenvalue weighted by molar-refractivity contribution is 6.34. The van der Waals surface area contributed by atoms with Crippen LogP contribution in [-0.4, -0.2) is 52.2 Å². The minimum Gasteiger partial charge on any atom is -0.444 e. The van der Waals surface area contributed by atoms with Gasteiger partial charge < -0.3 is 25.4 Å². The van der Waals surface area contributed by atoms with Gasteiger partial charge in [0.25, 0.3) is 5.91 Å². The molecule has 2 aromatic rings. The summed E-state index contributed by atoms with van der Waals surface area (Å²) in [6, 6.07) is 11.7. The molecule has 2 unspecified atom stereocenters. The molecule has 0 spiro atoms. The molecular weight excluding hydrogens is 470 g/mol. The molecule has 0 radical (unpaired) electrons. The number of ether oxygens (including phenoxy) is 1. The lowest BCUT2D eigenvalue weighted by Gasteiger charge is -2.34. The summed E-state index contributed by atoms with van der Waals surface area (Å²) in [6.07, 6.45) is 0.587. The number of aliphatic hydroxyl groups excluding tert-OH is 1. The third-order valence-electron chi connectivity index (χ3n) is 5.48. The maximum atomic E-state index is 13.7. The molecule has 3 amide bonds. The molecule has 2 atom stereocenters. The van der Waals surface area contributed by atoms with E-state index >= 15 is 0 Å². The van der Waals surface area contributed by atoms with Gasteiger partial charge in [-0.05, 0) is 57.7 Å². The maximum Gasteiger partial charge on any atom is 0.408 e. The predicted molar refractivity (Wildman–Crippen MR) is 134 cm³/mol. The molecule has 0 bridgehead atoms. The van der Waals surface area contributed by atoms with Crippen molar-refractivity contribution in [2.24, 2.45) is 0 Å². The van der Waals surface area contributed by atoms with Crippen molar-refractivity contribution in [1.29, 1.82) is 0 Å². The van der Waals surface area contributed by atoms with Crippen LogP contribution in [0.1, 0.15) is 50.8 Å². The molecule has 0 saturated heterocycles. The highest BCUT2D eigenvalue weighted by Crippen LogP contribution is 2.37. The Bertz CT molecular complexity index is 1050. The lowest BCUT2D eigenvalue weighted by atomic mass is 10.0. The van der Waals surface area contributed by atoms with Crippen molar-refractivity contribution in [1.82, 2.24) is 10.2 Å². The SMILES string of the molecule is Cc1cccc(Cl)c1NC(=O)C(c1ccccc1)N(C(=O)C(CO)NC(=O)OC(C)(C)C)C1CC1. The number of hydrogen-bond acceptors (Lipinski definition) is 5. The van der Waals surface area contributed by atoms with E-state index in [1.807, 2.05) is 19.1 Å². The summed E-state index contributed by atoms with van der Waals surface area (Å²) in [7, 11) is 0. The van der Waals surface area contributed by atoms with Crippen LogP contribution in [0.25, 0.3) is 0 Å². The van der Waals surface area contributed by atoms with Gasteiger partial charge in [-0.15, -0.1) is 0 Å². The fraction of sp³-hybridized carbons (Fsp3) is 0.423. The van der Waals surface area contributed by atoms with Crippen LogP contribution in [0.3, 0.4) is 0 Å². The highest BCUT2D eigenvalue weighted by atomic mass is 35.5. The van der Waals surface area contributed by atoms with Crippen molar-refractivity contribution >= 4 is 35.2 Å². The minimum absolute atomic E-state index is 0.208. The van der Waals surface area contributed by atoms with Crippen molar-refractivity contribution in [3.05, 3.63) is 64.7 Å². The number of anilines is 1. The number of nitrogens with one attached hydrogen (secondary N) is 2. The number of halogens is 1. The van der Waals surface area contributed by atoms with E-state index in [0.29, 0.717) is 29.1 Å². The molecule has 9 heteroatoms. The van der Waals surface area contributed by atoms with Crippen LogP contribution in [0.15, 0.2) is 48.5 Å². The Morgan fingerprint density at radius 1 is 1.11 bits per heavy atom. The third kappa shape index (κ3) is 6.96. The summed E-state index contributed by atoms with van der Waals surface area (Å²) in [4.78, 5) is 41.1. The number of carbonyl (C=O) groups is 3. The Labute approximate surface area is 210 Å². The van der Waals surface area contributed by atoms with E-state index in [9.17, 15) is 19.5 Å². The number of aryl methyl sites for hydroxylation is 1. The van der Waals surface area contributed by atoms with Gasteiger partial charge in [-0.2, -0.15) is 0 Å². The molecule has 188 valence electrons. The van der Waals surface area contributed by atoms with E-state index in [0.717, 1.165) is 5.56 Å². The lowest BCUT2D eigenvalue weighted by Crippen LogP contribution is -2.54. The van der Waals surface area contributed by atoms with Crippen LogP contribution >= 0.6 is 11.6 Å². The predicted octanol–water partition coefficient (Wildman–Crippen LogP) is 4.20. The van der Waals surface area contributed by atoms with Crippen molar-refractivity contribution in [3.8, 4) is 0 Å². The first-order valence-corrected chi connectivity index (χ1v) is 11.9. The number of carbonyl (C=O) groups excluding carboxylic acids is 3. The molecule has 8 nitrogen and oxygen atoms in total. The number of para-hydroxylation sites is 1. The molecule has 0 heterocycles. The summed E-state index contributed by atoms with van der Waals surface area (Å²) in [5.41, 5.74) is 1.07. The Morgan fingerprint density at radius 3 is 2.31 bits per heavy atom. The smallest absolute Gasteiger partial charge is 0.408 e. The molecule has 1 aliphatic carbocycles. The molecule has 3 rings (SSSR count). The van der Waals surface area contributed by atoms with E-state index in [1.54, 1.807) is 57.2 Å². The van der Waals surface area contributed by atoms with Gasteiger partial charge in [0.1, 0.15) is 17.7 Å². The molecule has 35 heavy (non-hydrogen) atoms. The largest absolute Gasteiger partial charge is 0.444 e. The van der Waals surface area contributed by atoms with E-state index in [-0.39, 0.29) is 6.04 Å². The van der Waals surface area contributed by atoms with Gasteiger partial charge in [0, 0.05) is 6.04 Å². The van der Waals surface area contributed by atoms with Crippen molar-refractivity contribution in [3.63, 3.8) is 0 Å². The van der Waals surface area contributed by atoms with Gasteiger partial charge >= 0.3 is 6.09 Å². The number of rotatable bonds is 8. The lowest BCUT2D eigenvalue weighted by molar-refractivity contribution is -0.142. The Morgan fingerprint density at radius 2 is 1.77 bits per heavy atom. The Kier molecular flexibility index (Phi) is 8.40. The number of nitrogens with zero attached hydrogens (tertiary/aromatic N) is 1. The number of hydrogen-bond donors (Lipinski definition) is 3. The molecule has 0 aromatic heterocycles. The second kappa shape index (κ2) is 11.1. The number of aliphatic hydroxyl groups is 1. The average Bonchev–Trinajstić information content (AvgIpc) is 3.62. The van der Waals surface area contributed by atoms with Gasteiger partial charge in [-0.1, -0.05) is 54.1 Å². The first-order chi connectivity index (χ1) is 16.5. The third-order valence-corrected chi connectivity index (χ3v) is 5.79. The van der Waals surface area contributed by atoms with Gasteiger partial charge in [0.2, 0.25) is 5.91 Å². The van der Waals surface area contributed by atoms with Gasteiger partial charge in [-0.3, -0.25) is 9.59 Å². The molecule has 1 fully saturated rings. The van der Waals surface area contributed by atoms with Crippen molar-refractivity contribution in [2.75, 3.05) is 11.9 Å². The fourth-order valence-electron chi connectivity index (χ4n) is 3.74. The first kappa shape index (κ1) is 26.5. The normalized spacial score (nSPS) is 15.0. The number of alkyl carbamates (subject to hydrolysis) is 1. The van der Waals surface area contributed by atoms with Crippen LogP contribution in [0.2, 0.25) is 5.02 Å². The Hall–Kier alpha value is -3.10. The summed E-state index contributed by atoms with van der Waals surface area (Å²) < 4.78 is 5.25. The van der Waals surface area contributed by atoms with E-state index in [4.69, 9.17) is 16.3 Å². The standard InChI is InChI=1S/C26H32ClN3O5/c1-16-9-8-12-19(27)21(16)29-23(32)22(17-10-6-5-7-11-17)30(18-13-14-18)24(33)20(15-31)28-25(34)35-26(2,3)4/h5-12,18,20,22,31H,13-15H2,1-4H3,(H,28,34)(H,29,32). The van der Waals surface area contributed by atoms with Crippen molar-refractivity contribution < 1.29 is 24.2 Å². The molecular formula is C26H32ClN3O5. The van der Waals surface area contributed by atoms with E-state index < -0.39 is 42.2 Å². The molecule has 0 aliphatic heterocycles. The van der Waals surface area contributed by atoms with Crippen LogP contribution in [0, 0.1) is 6.92 Å². The van der Waals surface area contributed by atoms with E-state index in [1.165, 1.54) is 4.90 Å². The monoisotopic (exact) mass is 501 g/mol. The van der Waals surface area contributed by atoms with Crippen LogP contribution < -0.4 is 10.6 Å². The summed E-state index contributed by atoms with van der Waals surface area (Å²) >= 11 is 6.33. The zero-order valence-corrected chi connectivity index (χ0v) is 21.1. The molecule has 1 saturated carbocycles. The topological polar surface area (TPSA) is 108 Å². The Balaban J connectivity index is 1.94. The molecule has 3 N–H and O–H groups in total. The van der Waals surface area contributed by atoms with Crippen molar-refractivity contribution in [2.45, 2.75) is 64.3 Å². The number of benzene rings is 2. The molecule has 1 aliphatic rings. The van der Waals surface area contributed by atoms with Crippen LogP contribution in [-0.2, 0) is 14.3 Å². The van der Waals surface area contributed by atoms with Gasteiger partial charge in [0.15, 0.2) is 0 Å². The summed E-state index contributed by atoms with van der Waals surface area (Å²) in [5, 5.41) is 15.7. The van der Waals surface area contributed by atoms with Crippen LogP contribution in [0.4, 0.5) is 10.5 Å². The second-order valence-corrected chi connectivity index (χ2v) is 10.00. The quantitative estimate of drug-likeness (QED) is 0.502. The summed E-state index contributed by atoms with van der Waals surface area (Å²) in [6.45, 7) is 6.28. The number of amides is 3. The van der Waals surface area contributed by atoms with Gasteiger partial charge in [0.05, 0.1) is 17.3 Å². The van der Waals surface area contributed by atoms with E-state index in [2.05, 4.69) is 10.6 Å². The highest BCUT2D eigenvalue weighted by Gasteiger charge is 2.44. The molecule has 2 aromatic carbocycles. The second-order valence-electron chi connectivity index (χ2n) is 9.59.